The Hall–Kier alpha value is -2.57. The van der Waals surface area contributed by atoms with E-state index in [0.717, 1.165) is 6.42 Å². The summed E-state index contributed by atoms with van der Waals surface area (Å²) in [5, 5.41) is 11.0. The standard InChI is InChI=1S/C26H48N4O8/c1-21(31)9-6-11-25(34)28-13-7-15-36-17-19-38-20-18-37-16-8-14-29-26(35)24(30-23(3)33)10-4-5-12-27-22(2)32/h24H,4-20H2,1-3H3,(H,27,32)(H,28,34)(H,29,35)(H,30,33)/t24-/m0/s1. The molecule has 0 aromatic carbocycles. The number of amides is 4. The second-order valence-electron chi connectivity index (χ2n) is 8.97. The monoisotopic (exact) mass is 544 g/mol. The van der Waals surface area contributed by atoms with Gasteiger partial charge in [-0.3, -0.25) is 19.2 Å². The molecule has 0 aliphatic heterocycles. The van der Waals surface area contributed by atoms with Crippen LogP contribution in [0, 0.1) is 0 Å². The first-order valence-electron chi connectivity index (χ1n) is 13.5. The highest BCUT2D eigenvalue weighted by atomic mass is 16.5. The van der Waals surface area contributed by atoms with Crippen LogP contribution in [0.15, 0.2) is 0 Å². The molecule has 0 heterocycles. The lowest BCUT2D eigenvalue weighted by Crippen LogP contribution is -2.46. The molecule has 4 amide bonds. The zero-order valence-electron chi connectivity index (χ0n) is 23.4. The van der Waals surface area contributed by atoms with Gasteiger partial charge in [-0.2, -0.15) is 0 Å². The minimum Gasteiger partial charge on any atom is -0.379 e. The van der Waals surface area contributed by atoms with Crippen molar-refractivity contribution in [1.82, 2.24) is 21.3 Å². The molecule has 220 valence electrons. The summed E-state index contributed by atoms with van der Waals surface area (Å²) in [6.07, 6.45) is 4.67. The fraction of sp³-hybridized carbons (Fsp3) is 0.808. The lowest BCUT2D eigenvalue weighted by atomic mass is 10.1. The molecular weight excluding hydrogens is 496 g/mol. The lowest BCUT2D eigenvalue weighted by Gasteiger charge is -2.17. The summed E-state index contributed by atoms with van der Waals surface area (Å²) < 4.78 is 16.4. The Bertz CT molecular complexity index is 690. The smallest absolute Gasteiger partial charge is 0.242 e. The Labute approximate surface area is 226 Å². The number of nitrogens with one attached hydrogen (secondary N) is 4. The second-order valence-corrected chi connectivity index (χ2v) is 8.97. The first-order valence-corrected chi connectivity index (χ1v) is 13.5. The molecule has 0 spiro atoms. The predicted molar refractivity (Wildman–Crippen MR) is 142 cm³/mol. The number of Topliss-reactive ketones (excluding diaryl/α,β-unsaturated/α-hetero) is 1. The van der Waals surface area contributed by atoms with E-state index in [1.165, 1.54) is 20.8 Å². The Morgan fingerprint density at radius 2 is 1.13 bits per heavy atom. The highest BCUT2D eigenvalue weighted by Crippen LogP contribution is 2.02. The number of unbranched alkanes of at least 4 members (excludes halogenated alkanes) is 1. The maximum Gasteiger partial charge on any atom is 0.242 e. The van der Waals surface area contributed by atoms with Crippen LogP contribution in [0.3, 0.4) is 0 Å². The third kappa shape index (κ3) is 25.1. The van der Waals surface area contributed by atoms with Gasteiger partial charge in [-0.1, -0.05) is 0 Å². The van der Waals surface area contributed by atoms with Gasteiger partial charge in [0.2, 0.25) is 23.6 Å². The number of hydrogen-bond donors (Lipinski definition) is 4. The summed E-state index contributed by atoms with van der Waals surface area (Å²) in [5.74, 6) is -0.523. The molecule has 0 bridgehead atoms. The van der Waals surface area contributed by atoms with Crippen molar-refractivity contribution in [3.8, 4) is 0 Å². The first-order chi connectivity index (χ1) is 18.2. The van der Waals surface area contributed by atoms with Gasteiger partial charge in [0.15, 0.2) is 0 Å². The van der Waals surface area contributed by atoms with E-state index in [2.05, 4.69) is 21.3 Å². The summed E-state index contributed by atoms with van der Waals surface area (Å²) in [4.78, 5) is 57.1. The molecule has 0 aromatic heterocycles. The van der Waals surface area contributed by atoms with E-state index in [1.54, 1.807) is 0 Å². The lowest BCUT2D eigenvalue weighted by molar-refractivity contribution is -0.128. The Morgan fingerprint density at radius 1 is 0.579 bits per heavy atom. The number of hydrogen-bond acceptors (Lipinski definition) is 8. The zero-order chi connectivity index (χ0) is 28.4. The zero-order valence-corrected chi connectivity index (χ0v) is 23.4. The molecule has 0 unspecified atom stereocenters. The van der Waals surface area contributed by atoms with Crippen molar-refractivity contribution in [1.29, 1.82) is 0 Å². The van der Waals surface area contributed by atoms with E-state index in [9.17, 15) is 24.0 Å². The van der Waals surface area contributed by atoms with Crippen molar-refractivity contribution >= 4 is 29.4 Å². The van der Waals surface area contributed by atoms with Gasteiger partial charge in [0, 0.05) is 59.5 Å². The van der Waals surface area contributed by atoms with Crippen LogP contribution in [0.1, 0.15) is 72.1 Å². The average molecular weight is 545 g/mol. The number of ether oxygens (including phenoxy) is 3. The van der Waals surface area contributed by atoms with Gasteiger partial charge < -0.3 is 40.3 Å². The van der Waals surface area contributed by atoms with E-state index < -0.39 is 6.04 Å². The molecule has 0 fully saturated rings. The van der Waals surface area contributed by atoms with Crippen molar-refractivity contribution in [2.45, 2.75) is 78.2 Å². The fourth-order valence-electron chi connectivity index (χ4n) is 3.29. The molecule has 0 aromatic rings. The number of carbonyl (C=O) groups is 5. The van der Waals surface area contributed by atoms with Crippen molar-refractivity contribution in [3.63, 3.8) is 0 Å². The van der Waals surface area contributed by atoms with Gasteiger partial charge in [-0.25, -0.2) is 0 Å². The maximum atomic E-state index is 12.4. The Balaban J connectivity index is 3.58. The molecule has 1 atom stereocenters. The maximum absolute atomic E-state index is 12.4. The number of ketones is 1. The summed E-state index contributed by atoms with van der Waals surface area (Å²) in [7, 11) is 0. The highest BCUT2D eigenvalue weighted by Gasteiger charge is 2.18. The van der Waals surface area contributed by atoms with E-state index in [1.807, 2.05) is 0 Å². The van der Waals surface area contributed by atoms with Gasteiger partial charge in [-0.15, -0.1) is 0 Å². The Kier molecular flexibility index (Phi) is 23.1. The van der Waals surface area contributed by atoms with Crippen LogP contribution in [-0.4, -0.2) is 94.7 Å². The van der Waals surface area contributed by atoms with Crippen LogP contribution in [0.4, 0.5) is 0 Å². The van der Waals surface area contributed by atoms with Crippen LogP contribution in [0.2, 0.25) is 0 Å². The fourth-order valence-corrected chi connectivity index (χ4v) is 3.29. The molecule has 4 N–H and O–H groups in total. The van der Waals surface area contributed by atoms with Crippen molar-refractivity contribution < 1.29 is 38.2 Å². The molecule has 0 aliphatic rings. The summed E-state index contributed by atoms with van der Waals surface area (Å²) in [6.45, 7) is 8.67. The van der Waals surface area contributed by atoms with E-state index in [-0.39, 0.29) is 29.4 Å². The van der Waals surface area contributed by atoms with Crippen LogP contribution < -0.4 is 21.3 Å². The normalized spacial score (nSPS) is 11.4. The minimum atomic E-state index is -0.594. The van der Waals surface area contributed by atoms with Crippen molar-refractivity contribution in [3.05, 3.63) is 0 Å². The molecule has 0 saturated heterocycles. The molecular formula is C26H48N4O8. The largest absolute Gasteiger partial charge is 0.379 e. The van der Waals surface area contributed by atoms with Crippen molar-refractivity contribution in [2.24, 2.45) is 0 Å². The molecule has 0 radical (unpaired) electrons. The predicted octanol–water partition coefficient (Wildman–Crippen LogP) is 0.619. The van der Waals surface area contributed by atoms with E-state index in [0.29, 0.717) is 104 Å². The number of carbonyl (C=O) groups excluding carboxylic acids is 5. The minimum absolute atomic E-state index is 0.0438. The third-order valence-corrected chi connectivity index (χ3v) is 5.22. The molecule has 0 rings (SSSR count). The third-order valence-electron chi connectivity index (χ3n) is 5.22. The van der Waals surface area contributed by atoms with Gasteiger partial charge >= 0.3 is 0 Å². The van der Waals surface area contributed by atoms with Crippen molar-refractivity contribution in [2.75, 3.05) is 59.3 Å². The van der Waals surface area contributed by atoms with E-state index in [4.69, 9.17) is 14.2 Å². The average Bonchev–Trinajstić information content (AvgIpc) is 2.84. The van der Waals surface area contributed by atoms with Crippen LogP contribution in [-0.2, 0) is 38.2 Å². The first kappa shape index (κ1) is 35.4. The summed E-state index contributed by atoms with van der Waals surface area (Å²) >= 11 is 0. The summed E-state index contributed by atoms with van der Waals surface area (Å²) in [6, 6.07) is -0.594. The molecule has 38 heavy (non-hydrogen) atoms. The Morgan fingerprint density at radius 3 is 1.68 bits per heavy atom. The van der Waals surface area contributed by atoms with Crippen LogP contribution in [0.25, 0.3) is 0 Å². The van der Waals surface area contributed by atoms with Gasteiger partial charge in [0.05, 0.1) is 26.4 Å². The second kappa shape index (κ2) is 24.7. The quantitative estimate of drug-likeness (QED) is 0.122. The highest BCUT2D eigenvalue weighted by molar-refractivity contribution is 5.86. The van der Waals surface area contributed by atoms with Gasteiger partial charge in [0.25, 0.3) is 0 Å². The number of rotatable bonds is 25. The molecule has 0 saturated carbocycles. The van der Waals surface area contributed by atoms with Gasteiger partial charge in [-0.05, 0) is 45.4 Å². The summed E-state index contributed by atoms with van der Waals surface area (Å²) in [5.41, 5.74) is 0. The SMILES string of the molecule is CC(=O)CCCC(=O)NCCCOCCOCCOCCCNC(=O)[C@H](CCCCNC(C)=O)NC(C)=O. The van der Waals surface area contributed by atoms with E-state index >= 15 is 0 Å². The topological polar surface area (TPSA) is 161 Å². The van der Waals surface area contributed by atoms with Crippen LogP contribution >= 0.6 is 0 Å². The molecule has 12 nitrogen and oxygen atoms in total. The molecule has 12 heteroatoms. The van der Waals surface area contributed by atoms with Gasteiger partial charge in [0.1, 0.15) is 11.8 Å². The van der Waals surface area contributed by atoms with Crippen LogP contribution in [0.5, 0.6) is 0 Å². The molecule has 0 aliphatic carbocycles.